The van der Waals surface area contributed by atoms with Gasteiger partial charge in [0.15, 0.2) is 5.89 Å². The molecule has 4 rings (SSSR count). The zero-order chi connectivity index (χ0) is 19.9. The summed E-state index contributed by atoms with van der Waals surface area (Å²) >= 11 is 0. The first kappa shape index (κ1) is 18.7. The van der Waals surface area contributed by atoms with Gasteiger partial charge in [-0.2, -0.15) is 0 Å². The first-order chi connectivity index (χ1) is 13.3. The maximum absolute atomic E-state index is 13.0. The first-order valence-corrected chi connectivity index (χ1v) is 9.77. The van der Waals surface area contributed by atoms with Crippen LogP contribution in [-0.2, 0) is 34.5 Å². The Morgan fingerprint density at radius 2 is 2.14 bits per heavy atom. The zero-order valence-electron chi connectivity index (χ0n) is 16.6. The number of oxazole rings is 1. The van der Waals surface area contributed by atoms with E-state index in [1.165, 1.54) is 0 Å². The zero-order valence-corrected chi connectivity index (χ0v) is 16.6. The van der Waals surface area contributed by atoms with Crippen molar-refractivity contribution in [1.29, 1.82) is 0 Å². The van der Waals surface area contributed by atoms with Crippen molar-refractivity contribution in [2.45, 2.75) is 52.1 Å². The molecule has 0 aliphatic carbocycles. The molecule has 2 amide bonds. The molecule has 0 bridgehead atoms. The second kappa shape index (κ2) is 7.04. The molecule has 2 aromatic heterocycles. The predicted octanol–water partition coefficient (Wildman–Crippen LogP) is 2.30. The highest BCUT2D eigenvalue weighted by Gasteiger charge is 2.38. The van der Waals surface area contributed by atoms with Gasteiger partial charge in [0.1, 0.15) is 11.5 Å². The fourth-order valence-corrected chi connectivity index (χ4v) is 3.74. The van der Waals surface area contributed by atoms with Crippen LogP contribution < -0.4 is 0 Å². The summed E-state index contributed by atoms with van der Waals surface area (Å²) in [6.07, 6.45) is 2.65. The van der Waals surface area contributed by atoms with Gasteiger partial charge in [-0.25, -0.2) is 4.98 Å². The molecule has 7 heteroatoms. The first-order valence-electron chi connectivity index (χ1n) is 9.77. The molecule has 2 aliphatic heterocycles. The van der Waals surface area contributed by atoms with E-state index in [0.29, 0.717) is 38.5 Å². The van der Waals surface area contributed by atoms with Crippen LogP contribution in [0.1, 0.15) is 50.2 Å². The Balaban J connectivity index is 1.41. The van der Waals surface area contributed by atoms with Crippen LogP contribution in [0.4, 0.5) is 0 Å². The number of hydrogen-bond donors (Lipinski definition) is 0. The summed E-state index contributed by atoms with van der Waals surface area (Å²) in [4.78, 5) is 37.9. The summed E-state index contributed by atoms with van der Waals surface area (Å²) in [5, 5.41) is 0. The van der Waals surface area contributed by atoms with Crippen molar-refractivity contribution in [3.05, 3.63) is 47.4 Å². The minimum atomic E-state index is -0.299. The van der Waals surface area contributed by atoms with Gasteiger partial charge in [0.25, 0.3) is 0 Å². The van der Waals surface area contributed by atoms with Gasteiger partial charge in [0, 0.05) is 37.5 Å². The molecular formula is C21H26N4O3. The van der Waals surface area contributed by atoms with E-state index < -0.39 is 0 Å². The smallest absolute Gasteiger partial charge is 0.228 e. The van der Waals surface area contributed by atoms with Crippen molar-refractivity contribution in [2.24, 2.45) is 5.92 Å². The van der Waals surface area contributed by atoms with Gasteiger partial charge in [-0.15, -0.1) is 0 Å². The molecule has 2 aliphatic rings. The number of aromatic nitrogens is 2. The Morgan fingerprint density at radius 1 is 1.32 bits per heavy atom. The molecule has 7 nitrogen and oxygen atoms in total. The summed E-state index contributed by atoms with van der Waals surface area (Å²) < 4.78 is 5.91. The number of rotatable bonds is 3. The van der Waals surface area contributed by atoms with E-state index in [1.807, 2.05) is 23.1 Å². The molecule has 0 saturated carbocycles. The Morgan fingerprint density at radius 3 is 2.86 bits per heavy atom. The SMILES string of the molecule is CC(C)(C)c1nc2c(o1)CCN(C(=O)C1CC(=O)N(Cc3ccccn3)C1)C2. The van der Waals surface area contributed by atoms with Crippen LogP contribution in [-0.4, -0.2) is 44.7 Å². The highest BCUT2D eigenvalue weighted by atomic mass is 16.4. The van der Waals surface area contributed by atoms with E-state index in [0.717, 1.165) is 17.1 Å². The molecular weight excluding hydrogens is 356 g/mol. The van der Waals surface area contributed by atoms with E-state index in [9.17, 15) is 9.59 Å². The third-order valence-electron chi connectivity index (χ3n) is 5.32. The quantitative estimate of drug-likeness (QED) is 0.814. The number of amides is 2. The average Bonchev–Trinajstić information content (AvgIpc) is 3.25. The Labute approximate surface area is 164 Å². The summed E-state index contributed by atoms with van der Waals surface area (Å²) in [6.45, 7) is 8.15. The molecule has 148 valence electrons. The second-order valence-electron chi connectivity index (χ2n) is 8.65. The van der Waals surface area contributed by atoms with Crippen molar-refractivity contribution in [3.8, 4) is 0 Å². The van der Waals surface area contributed by atoms with Crippen LogP contribution in [0, 0.1) is 5.92 Å². The minimum Gasteiger partial charge on any atom is -0.445 e. The lowest BCUT2D eigenvalue weighted by Crippen LogP contribution is -2.40. The number of hydrogen-bond acceptors (Lipinski definition) is 5. The normalized spacial score (nSPS) is 19.8. The average molecular weight is 382 g/mol. The van der Waals surface area contributed by atoms with Gasteiger partial charge >= 0.3 is 0 Å². The topological polar surface area (TPSA) is 79.5 Å². The third kappa shape index (κ3) is 3.66. The maximum Gasteiger partial charge on any atom is 0.228 e. The van der Waals surface area contributed by atoms with Crippen LogP contribution in [0.2, 0.25) is 0 Å². The van der Waals surface area contributed by atoms with Gasteiger partial charge in [-0.3, -0.25) is 14.6 Å². The molecule has 0 aromatic carbocycles. The molecule has 2 aromatic rings. The van der Waals surface area contributed by atoms with Crippen molar-refractivity contribution >= 4 is 11.8 Å². The van der Waals surface area contributed by atoms with Crippen molar-refractivity contribution in [1.82, 2.24) is 19.8 Å². The minimum absolute atomic E-state index is 0.0122. The van der Waals surface area contributed by atoms with Gasteiger partial charge in [-0.1, -0.05) is 26.8 Å². The van der Waals surface area contributed by atoms with E-state index >= 15 is 0 Å². The fraction of sp³-hybridized carbons (Fsp3) is 0.524. The van der Waals surface area contributed by atoms with Crippen molar-refractivity contribution in [2.75, 3.05) is 13.1 Å². The molecule has 1 fully saturated rings. The summed E-state index contributed by atoms with van der Waals surface area (Å²) in [5.41, 5.74) is 1.53. The van der Waals surface area contributed by atoms with Crippen LogP contribution in [0.15, 0.2) is 28.8 Å². The number of carbonyl (C=O) groups excluding carboxylic acids is 2. The number of nitrogens with zero attached hydrogens (tertiary/aromatic N) is 4. The van der Waals surface area contributed by atoms with Gasteiger partial charge in [0.2, 0.25) is 11.8 Å². The Hall–Kier alpha value is -2.70. The molecule has 0 N–H and O–H groups in total. The van der Waals surface area contributed by atoms with Gasteiger partial charge < -0.3 is 14.2 Å². The Kier molecular flexibility index (Phi) is 4.69. The highest BCUT2D eigenvalue weighted by Crippen LogP contribution is 2.29. The lowest BCUT2D eigenvalue weighted by Gasteiger charge is -2.27. The number of carbonyl (C=O) groups is 2. The molecule has 1 atom stereocenters. The third-order valence-corrected chi connectivity index (χ3v) is 5.32. The summed E-state index contributed by atoms with van der Waals surface area (Å²) in [6, 6.07) is 5.65. The molecule has 4 heterocycles. The number of pyridine rings is 1. The van der Waals surface area contributed by atoms with Gasteiger partial charge in [-0.05, 0) is 12.1 Å². The lowest BCUT2D eigenvalue weighted by atomic mass is 9.97. The van der Waals surface area contributed by atoms with E-state index in [1.54, 1.807) is 11.1 Å². The van der Waals surface area contributed by atoms with Crippen molar-refractivity contribution in [3.63, 3.8) is 0 Å². The molecule has 28 heavy (non-hydrogen) atoms. The Bertz CT molecular complexity index is 885. The van der Waals surface area contributed by atoms with Crippen LogP contribution in [0.3, 0.4) is 0 Å². The van der Waals surface area contributed by atoms with E-state index in [4.69, 9.17) is 4.42 Å². The second-order valence-corrected chi connectivity index (χ2v) is 8.65. The monoisotopic (exact) mass is 382 g/mol. The van der Waals surface area contributed by atoms with Gasteiger partial charge in [0.05, 0.1) is 24.7 Å². The van der Waals surface area contributed by atoms with Crippen LogP contribution >= 0.6 is 0 Å². The van der Waals surface area contributed by atoms with Crippen molar-refractivity contribution < 1.29 is 14.0 Å². The highest BCUT2D eigenvalue weighted by molar-refractivity contribution is 5.89. The predicted molar refractivity (Wildman–Crippen MR) is 102 cm³/mol. The molecule has 1 unspecified atom stereocenters. The summed E-state index contributed by atoms with van der Waals surface area (Å²) in [5.74, 6) is 1.34. The largest absolute Gasteiger partial charge is 0.445 e. The number of likely N-dealkylation sites (tertiary alicyclic amines) is 1. The number of fused-ring (bicyclic) bond motifs is 1. The molecule has 1 saturated heterocycles. The maximum atomic E-state index is 13.0. The molecule has 0 spiro atoms. The summed E-state index contributed by atoms with van der Waals surface area (Å²) in [7, 11) is 0. The van der Waals surface area contributed by atoms with Crippen LogP contribution in [0.5, 0.6) is 0 Å². The van der Waals surface area contributed by atoms with E-state index in [-0.39, 0.29) is 29.6 Å². The fourth-order valence-electron chi connectivity index (χ4n) is 3.74. The van der Waals surface area contributed by atoms with Crippen LogP contribution in [0.25, 0.3) is 0 Å². The standard InChI is InChI=1S/C21H26N4O3/c1-21(2,3)20-23-16-13-24(9-7-17(16)28-20)19(27)14-10-18(26)25(11-14)12-15-6-4-5-8-22-15/h4-6,8,14H,7,9-13H2,1-3H3. The molecule has 0 radical (unpaired) electrons. The van der Waals surface area contributed by atoms with E-state index in [2.05, 4.69) is 30.7 Å². The lowest BCUT2D eigenvalue weighted by molar-refractivity contribution is -0.136.